The fourth-order valence-electron chi connectivity index (χ4n) is 11.3. The fraction of sp³-hybridized carbons (Fsp3) is 0.125. The second kappa shape index (κ2) is 33.8. The molecule has 10 nitrogen and oxygen atoms in total. The SMILES string of the molecule is Cc1cc(OCc2ccccc2)c2c(c1)O[C@H](c1ccc(OCc3ccccc3)c(OCc3ccccc3)c1)C(OCc1ccccc1)=C2.Cc1cc(OCc2ccccc2)c2cc(OCc3ccccc3)c(-c3ccc(OCc4ccccc4)c(OCc4ccccc4)c3)[o+]c2c1.[Cl-]. The Labute approximate surface area is 585 Å². The normalized spacial score (nSPS) is 12.0. The lowest BCUT2D eigenvalue weighted by atomic mass is 9.99. The highest BCUT2D eigenvalue weighted by Crippen LogP contribution is 2.46. The van der Waals surface area contributed by atoms with E-state index in [9.17, 15) is 0 Å². The van der Waals surface area contributed by atoms with Crippen LogP contribution in [0.3, 0.4) is 0 Å². The number of halogens is 1. The van der Waals surface area contributed by atoms with Crippen LogP contribution in [0.15, 0.2) is 320 Å². The van der Waals surface area contributed by atoms with Gasteiger partial charge in [0.05, 0.1) is 11.1 Å². The smallest absolute Gasteiger partial charge is 0.402 e. The van der Waals surface area contributed by atoms with Gasteiger partial charge in [-0.05, 0) is 118 Å². The average molecular weight is 1330 g/mol. The Balaban J connectivity index is 0.000000186. The molecule has 0 amide bonds. The minimum absolute atomic E-state index is 0. The molecular weight excluding hydrogens is 1250 g/mol. The Kier molecular flexibility index (Phi) is 23.0. The number of benzene rings is 12. The van der Waals surface area contributed by atoms with Crippen molar-refractivity contribution in [2.45, 2.75) is 72.8 Å². The van der Waals surface area contributed by atoms with Crippen molar-refractivity contribution in [3.63, 3.8) is 0 Å². The van der Waals surface area contributed by atoms with E-state index in [1.165, 1.54) is 0 Å². The molecular formula is C88H75ClO10. The van der Waals surface area contributed by atoms with Crippen LogP contribution in [0.2, 0.25) is 0 Å². The monoisotopic (exact) mass is 1330 g/mol. The van der Waals surface area contributed by atoms with Crippen LogP contribution >= 0.6 is 0 Å². The Hall–Kier alpha value is -11.7. The van der Waals surface area contributed by atoms with Crippen molar-refractivity contribution in [3.05, 3.63) is 382 Å². The molecule has 1 aliphatic rings. The van der Waals surface area contributed by atoms with Gasteiger partial charge in [-0.25, -0.2) is 4.42 Å². The molecule has 0 fully saturated rings. The Morgan fingerprint density at radius 3 is 1.08 bits per heavy atom. The average Bonchev–Trinajstić information content (AvgIpc) is 0.787. The maximum absolute atomic E-state index is 6.81. The van der Waals surface area contributed by atoms with Gasteiger partial charge in [0.25, 0.3) is 0 Å². The van der Waals surface area contributed by atoms with Gasteiger partial charge in [0.1, 0.15) is 81.2 Å². The first-order chi connectivity index (χ1) is 48.3. The van der Waals surface area contributed by atoms with Gasteiger partial charge in [-0.2, -0.15) is 0 Å². The topological polar surface area (TPSA) is 94.4 Å². The van der Waals surface area contributed by atoms with E-state index in [1.54, 1.807) is 0 Å². The predicted molar refractivity (Wildman–Crippen MR) is 386 cm³/mol. The summed E-state index contributed by atoms with van der Waals surface area (Å²) < 4.78 is 64.8. The summed E-state index contributed by atoms with van der Waals surface area (Å²) in [5.74, 6) is 6.60. The summed E-state index contributed by atoms with van der Waals surface area (Å²) >= 11 is 0. The minimum atomic E-state index is -0.526. The molecule has 0 spiro atoms. The van der Waals surface area contributed by atoms with Gasteiger partial charge in [-0.3, -0.25) is 0 Å². The lowest BCUT2D eigenvalue weighted by molar-refractivity contribution is -0.0000225. The van der Waals surface area contributed by atoms with Crippen molar-refractivity contribution in [1.29, 1.82) is 0 Å². The van der Waals surface area contributed by atoms with E-state index in [-0.39, 0.29) is 12.4 Å². The predicted octanol–water partition coefficient (Wildman–Crippen LogP) is 18.4. The summed E-state index contributed by atoms with van der Waals surface area (Å²) in [5.41, 5.74) is 13.9. The largest absolute Gasteiger partial charge is 1.00 e. The molecule has 11 heteroatoms. The van der Waals surface area contributed by atoms with E-state index in [0.29, 0.717) is 98.7 Å². The fourth-order valence-corrected chi connectivity index (χ4v) is 11.3. The van der Waals surface area contributed by atoms with Crippen LogP contribution in [-0.4, -0.2) is 0 Å². The van der Waals surface area contributed by atoms with Gasteiger partial charge in [0.15, 0.2) is 29.1 Å². The van der Waals surface area contributed by atoms with Crippen molar-refractivity contribution < 1.29 is 59.5 Å². The Morgan fingerprint density at radius 1 is 0.303 bits per heavy atom. The molecule has 1 aliphatic heterocycles. The molecule has 0 bridgehead atoms. The van der Waals surface area contributed by atoms with Crippen LogP contribution < -0.4 is 50.3 Å². The molecule has 12 aromatic carbocycles. The van der Waals surface area contributed by atoms with Gasteiger partial charge in [0.2, 0.25) is 5.75 Å². The summed E-state index contributed by atoms with van der Waals surface area (Å²) in [4.78, 5) is 0. The first-order valence-electron chi connectivity index (χ1n) is 32.9. The summed E-state index contributed by atoms with van der Waals surface area (Å²) in [6.07, 6.45) is 1.53. The first-order valence-corrected chi connectivity index (χ1v) is 32.9. The molecule has 99 heavy (non-hydrogen) atoms. The molecule has 0 N–H and O–H groups in total. The van der Waals surface area contributed by atoms with Gasteiger partial charge in [-0.15, -0.1) is 0 Å². The zero-order valence-corrected chi connectivity index (χ0v) is 56.0. The van der Waals surface area contributed by atoms with E-state index < -0.39 is 6.10 Å². The molecule has 1 aromatic heterocycles. The summed E-state index contributed by atoms with van der Waals surface area (Å²) in [6.45, 7) is 7.36. The molecule has 0 unspecified atom stereocenters. The number of aryl methyl sites for hydroxylation is 2. The van der Waals surface area contributed by atoms with Crippen LogP contribution in [0.5, 0.6) is 46.0 Å². The quantitative estimate of drug-likeness (QED) is 0.0488. The summed E-state index contributed by atoms with van der Waals surface area (Å²) in [7, 11) is 0. The van der Waals surface area contributed by atoms with E-state index in [4.69, 9.17) is 47.0 Å². The molecule has 1 atom stereocenters. The number of hydrogen-bond donors (Lipinski definition) is 0. The maximum atomic E-state index is 6.81. The molecule has 0 aliphatic carbocycles. The van der Waals surface area contributed by atoms with Gasteiger partial charge in [-0.1, -0.05) is 249 Å². The molecule has 0 radical (unpaired) electrons. The number of hydrogen-bond acceptors (Lipinski definition) is 9. The lowest BCUT2D eigenvalue weighted by Crippen LogP contribution is -3.00. The van der Waals surface area contributed by atoms with Crippen molar-refractivity contribution in [1.82, 2.24) is 0 Å². The summed E-state index contributed by atoms with van der Waals surface area (Å²) in [5, 5.41) is 0.830. The second-order valence-corrected chi connectivity index (χ2v) is 23.9. The van der Waals surface area contributed by atoms with Crippen LogP contribution in [0.25, 0.3) is 28.4 Å². The molecule has 13 aromatic rings. The highest BCUT2D eigenvalue weighted by Gasteiger charge is 2.31. The number of ether oxygens (including phenoxy) is 9. The van der Waals surface area contributed by atoms with E-state index >= 15 is 0 Å². The minimum Gasteiger partial charge on any atom is -1.00 e. The molecule has 2 heterocycles. The maximum Gasteiger partial charge on any atom is 0.402 e. The van der Waals surface area contributed by atoms with E-state index in [2.05, 4.69) is 42.5 Å². The van der Waals surface area contributed by atoms with E-state index in [0.717, 1.165) is 95.0 Å². The Morgan fingerprint density at radius 2 is 0.646 bits per heavy atom. The second-order valence-electron chi connectivity index (χ2n) is 23.9. The first kappa shape index (κ1) is 67.3. The Bertz CT molecular complexity index is 4720. The highest BCUT2D eigenvalue weighted by molar-refractivity contribution is 5.88. The number of rotatable bonds is 26. The summed E-state index contributed by atoms with van der Waals surface area (Å²) in [6, 6.07) is 103. The third-order valence-electron chi connectivity index (χ3n) is 16.4. The third kappa shape index (κ3) is 18.4. The van der Waals surface area contributed by atoms with Crippen molar-refractivity contribution >= 4 is 17.0 Å². The molecule has 14 rings (SSSR count). The van der Waals surface area contributed by atoms with Gasteiger partial charge in [0, 0.05) is 23.8 Å². The van der Waals surface area contributed by atoms with Gasteiger partial charge >= 0.3 is 11.3 Å². The number of fused-ring (bicyclic) bond motifs is 2. The standard InChI is InChI=1S/C44H38O5.C44H37O5.ClH/c2*1-32-24-40(46-29-34-16-8-3-9-17-34)38-27-43(48-31-36-20-12-5-13-21-36)44(49-41(38)25-32)37-22-23-39(45-28-33-14-6-2-7-15-33)42(26-37)47-30-35-18-10-4-11-19-35;/h2-27,44H,28-31H2,1H3;2-27H,28-31H2,1H3;1H/q;+1;/p-1/t44-;;/m1../s1. The third-order valence-corrected chi connectivity index (χ3v) is 16.4. The molecule has 494 valence electrons. The zero-order valence-electron chi connectivity index (χ0n) is 55.2. The van der Waals surface area contributed by atoms with Crippen molar-refractivity contribution in [2.24, 2.45) is 0 Å². The molecule has 0 saturated heterocycles. The highest BCUT2D eigenvalue weighted by atomic mass is 35.5. The zero-order chi connectivity index (χ0) is 66.5. The lowest BCUT2D eigenvalue weighted by Gasteiger charge is -2.29. The van der Waals surface area contributed by atoms with Crippen LogP contribution in [-0.2, 0) is 57.6 Å². The van der Waals surface area contributed by atoms with Gasteiger partial charge < -0.3 is 55.0 Å². The van der Waals surface area contributed by atoms with Crippen molar-refractivity contribution in [2.75, 3.05) is 0 Å². The van der Waals surface area contributed by atoms with Crippen molar-refractivity contribution in [3.8, 4) is 57.3 Å². The molecule has 0 saturated carbocycles. The van der Waals surface area contributed by atoms with E-state index in [1.807, 2.05) is 287 Å². The van der Waals surface area contributed by atoms with Crippen LogP contribution in [0, 0.1) is 13.8 Å². The van der Waals surface area contributed by atoms with Crippen LogP contribution in [0.4, 0.5) is 0 Å². The van der Waals surface area contributed by atoms with Crippen LogP contribution in [0.1, 0.15) is 72.9 Å².